The van der Waals surface area contributed by atoms with Gasteiger partial charge in [-0.2, -0.15) is 4.31 Å². The molecular weight excluding hydrogens is 444 g/mol. The molecule has 2 aliphatic rings. The molecule has 9 nitrogen and oxygen atoms in total. The van der Waals surface area contributed by atoms with Crippen molar-refractivity contribution in [1.82, 2.24) is 19.4 Å². The first-order valence-electron chi connectivity index (χ1n) is 11.7. The van der Waals surface area contributed by atoms with Crippen molar-refractivity contribution in [3.63, 3.8) is 0 Å². The van der Waals surface area contributed by atoms with Crippen molar-refractivity contribution in [2.45, 2.75) is 38.0 Å². The summed E-state index contributed by atoms with van der Waals surface area (Å²) in [6.45, 7) is 9.77. The second kappa shape index (κ2) is 11.9. The summed E-state index contributed by atoms with van der Waals surface area (Å²) in [5, 5.41) is 2.88. The third kappa shape index (κ3) is 7.23. The van der Waals surface area contributed by atoms with Crippen LogP contribution in [0.1, 0.15) is 30.4 Å². The van der Waals surface area contributed by atoms with Gasteiger partial charge < -0.3 is 15.0 Å². The third-order valence-corrected chi connectivity index (χ3v) is 8.24. The maximum Gasteiger partial charge on any atom is 0.243 e. The monoisotopic (exact) mass is 480 g/mol. The summed E-state index contributed by atoms with van der Waals surface area (Å²) in [5.74, 6) is -0.233. The predicted molar refractivity (Wildman–Crippen MR) is 125 cm³/mol. The number of piperazine rings is 1. The zero-order valence-electron chi connectivity index (χ0n) is 19.7. The summed E-state index contributed by atoms with van der Waals surface area (Å²) in [5.41, 5.74) is 1.61. The number of nitrogens with zero attached hydrogens (tertiary/aromatic N) is 3. The SMILES string of the molecule is Cc1ccc(C)c(S(=O)(=O)N2CCN(C(=O)CCC(=O)NCCCN3CCOCC3)CC2)c1. The van der Waals surface area contributed by atoms with E-state index in [2.05, 4.69) is 10.2 Å². The summed E-state index contributed by atoms with van der Waals surface area (Å²) >= 11 is 0. The van der Waals surface area contributed by atoms with Crippen LogP contribution >= 0.6 is 0 Å². The number of aryl methyl sites for hydroxylation is 2. The van der Waals surface area contributed by atoms with Crippen molar-refractivity contribution >= 4 is 21.8 Å². The van der Waals surface area contributed by atoms with Crippen molar-refractivity contribution in [1.29, 1.82) is 0 Å². The van der Waals surface area contributed by atoms with E-state index < -0.39 is 10.0 Å². The van der Waals surface area contributed by atoms with E-state index in [0.29, 0.717) is 24.5 Å². The number of sulfonamides is 1. The van der Waals surface area contributed by atoms with E-state index in [1.54, 1.807) is 17.9 Å². The minimum Gasteiger partial charge on any atom is -0.379 e. The van der Waals surface area contributed by atoms with Crippen LogP contribution in [0.4, 0.5) is 0 Å². The normalized spacial score (nSPS) is 18.3. The molecule has 0 unspecified atom stereocenters. The lowest BCUT2D eigenvalue weighted by Crippen LogP contribution is -2.50. The van der Waals surface area contributed by atoms with E-state index in [-0.39, 0.29) is 37.7 Å². The van der Waals surface area contributed by atoms with E-state index in [4.69, 9.17) is 4.74 Å². The molecule has 3 rings (SSSR count). The van der Waals surface area contributed by atoms with E-state index in [9.17, 15) is 18.0 Å². The fourth-order valence-electron chi connectivity index (χ4n) is 4.12. The molecular formula is C23H36N4O5S. The van der Waals surface area contributed by atoms with Crippen molar-refractivity contribution in [3.05, 3.63) is 29.3 Å². The molecule has 0 radical (unpaired) electrons. The smallest absolute Gasteiger partial charge is 0.243 e. The standard InChI is InChI=1S/C23H36N4O5S/c1-19-4-5-20(2)21(18-19)33(30,31)27-12-10-26(11-13-27)23(29)7-6-22(28)24-8-3-9-25-14-16-32-17-15-25/h4-5,18H,3,6-17H2,1-2H3,(H,24,28). The van der Waals surface area contributed by atoms with Gasteiger partial charge in [-0.1, -0.05) is 12.1 Å². The van der Waals surface area contributed by atoms with Gasteiger partial charge in [-0.05, 0) is 44.0 Å². The number of nitrogens with one attached hydrogen (secondary N) is 1. The van der Waals surface area contributed by atoms with Gasteiger partial charge in [0.15, 0.2) is 0 Å². The van der Waals surface area contributed by atoms with Crippen molar-refractivity contribution < 1.29 is 22.7 Å². The molecule has 2 saturated heterocycles. The van der Waals surface area contributed by atoms with Crippen LogP contribution in [-0.2, 0) is 24.3 Å². The van der Waals surface area contributed by atoms with Crippen molar-refractivity contribution in [2.24, 2.45) is 0 Å². The average molecular weight is 481 g/mol. The van der Waals surface area contributed by atoms with Crippen LogP contribution in [0.2, 0.25) is 0 Å². The lowest BCUT2D eigenvalue weighted by atomic mass is 10.2. The summed E-state index contributed by atoms with van der Waals surface area (Å²) in [7, 11) is -3.59. The molecule has 2 amide bonds. The Bertz CT molecular complexity index is 923. The molecule has 1 aromatic carbocycles. The van der Waals surface area contributed by atoms with E-state index in [0.717, 1.165) is 50.4 Å². The summed E-state index contributed by atoms with van der Waals surface area (Å²) in [6, 6.07) is 5.41. The van der Waals surface area contributed by atoms with E-state index in [1.165, 1.54) is 4.31 Å². The van der Waals surface area contributed by atoms with Crippen LogP contribution in [0.5, 0.6) is 0 Å². The lowest BCUT2D eigenvalue weighted by Gasteiger charge is -2.34. The summed E-state index contributed by atoms with van der Waals surface area (Å²) < 4.78 is 32.8. The van der Waals surface area contributed by atoms with Crippen molar-refractivity contribution in [3.8, 4) is 0 Å². The van der Waals surface area contributed by atoms with Crippen LogP contribution in [-0.4, -0.2) is 99.9 Å². The number of hydrogen-bond donors (Lipinski definition) is 1. The third-order valence-electron chi connectivity index (χ3n) is 6.20. The Kier molecular flexibility index (Phi) is 9.25. The number of ether oxygens (including phenoxy) is 1. The largest absolute Gasteiger partial charge is 0.379 e. The van der Waals surface area contributed by atoms with E-state index >= 15 is 0 Å². The highest BCUT2D eigenvalue weighted by atomic mass is 32.2. The molecule has 33 heavy (non-hydrogen) atoms. The molecule has 1 aromatic rings. The summed E-state index contributed by atoms with van der Waals surface area (Å²) in [4.78, 5) is 28.9. The molecule has 1 N–H and O–H groups in total. The zero-order chi connectivity index (χ0) is 23.8. The van der Waals surface area contributed by atoms with Crippen LogP contribution in [0.25, 0.3) is 0 Å². The lowest BCUT2D eigenvalue weighted by molar-refractivity contribution is -0.134. The summed E-state index contributed by atoms with van der Waals surface area (Å²) in [6.07, 6.45) is 1.16. The van der Waals surface area contributed by atoms with Crippen LogP contribution < -0.4 is 5.32 Å². The van der Waals surface area contributed by atoms with Crippen LogP contribution in [0.15, 0.2) is 23.1 Å². The van der Waals surface area contributed by atoms with Crippen LogP contribution in [0, 0.1) is 13.8 Å². The highest BCUT2D eigenvalue weighted by molar-refractivity contribution is 7.89. The number of carbonyl (C=O) groups is 2. The maximum absolute atomic E-state index is 13.0. The fourth-order valence-corrected chi connectivity index (χ4v) is 5.86. The Morgan fingerprint density at radius 3 is 2.39 bits per heavy atom. The topological polar surface area (TPSA) is 99.3 Å². The second-order valence-corrected chi connectivity index (χ2v) is 10.6. The van der Waals surface area contributed by atoms with Gasteiger partial charge in [0.25, 0.3) is 0 Å². The Hall–Kier alpha value is -2.01. The molecule has 0 spiro atoms. The molecule has 0 aliphatic carbocycles. The molecule has 184 valence electrons. The van der Waals surface area contributed by atoms with Gasteiger partial charge in [-0.25, -0.2) is 8.42 Å². The number of benzene rings is 1. The highest BCUT2D eigenvalue weighted by Gasteiger charge is 2.31. The Morgan fingerprint density at radius 1 is 1.00 bits per heavy atom. The number of morpholine rings is 1. The number of hydrogen-bond acceptors (Lipinski definition) is 6. The Labute approximate surface area is 197 Å². The predicted octanol–water partition coefficient (Wildman–Crippen LogP) is 0.755. The number of rotatable bonds is 9. The minimum atomic E-state index is -3.59. The molecule has 2 fully saturated rings. The fraction of sp³-hybridized carbons (Fsp3) is 0.652. The minimum absolute atomic E-state index is 0.109. The Morgan fingerprint density at radius 2 is 1.70 bits per heavy atom. The first kappa shape index (κ1) is 25.6. The van der Waals surface area contributed by atoms with Gasteiger partial charge in [-0.3, -0.25) is 14.5 Å². The molecule has 0 atom stereocenters. The second-order valence-electron chi connectivity index (χ2n) is 8.71. The van der Waals surface area contributed by atoms with Gasteiger partial charge >= 0.3 is 0 Å². The van der Waals surface area contributed by atoms with Gasteiger partial charge in [0.05, 0.1) is 18.1 Å². The van der Waals surface area contributed by atoms with Gasteiger partial charge in [0, 0.05) is 58.7 Å². The van der Waals surface area contributed by atoms with Gasteiger partial charge in [0.2, 0.25) is 21.8 Å². The van der Waals surface area contributed by atoms with Crippen molar-refractivity contribution in [2.75, 3.05) is 65.6 Å². The molecule has 2 aliphatic heterocycles. The van der Waals surface area contributed by atoms with E-state index in [1.807, 2.05) is 19.1 Å². The molecule has 2 heterocycles. The van der Waals surface area contributed by atoms with Gasteiger partial charge in [-0.15, -0.1) is 0 Å². The quantitative estimate of drug-likeness (QED) is 0.524. The highest BCUT2D eigenvalue weighted by Crippen LogP contribution is 2.22. The number of carbonyl (C=O) groups excluding carboxylic acids is 2. The molecule has 0 bridgehead atoms. The molecule has 0 saturated carbocycles. The molecule has 0 aromatic heterocycles. The number of amides is 2. The zero-order valence-corrected chi connectivity index (χ0v) is 20.5. The Balaban J connectivity index is 1.36. The maximum atomic E-state index is 13.0. The van der Waals surface area contributed by atoms with Gasteiger partial charge in [0.1, 0.15) is 0 Å². The van der Waals surface area contributed by atoms with Crippen LogP contribution in [0.3, 0.4) is 0 Å². The first-order valence-corrected chi connectivity index (χ1v) is 13.1. The average Bonchev–Trinajstić information content (AvgIpc) is 2.82. The first-order chi connectivity index (χ1) is 15.8. The molecule has 10 heteroatoms.